The van der Waals surface area contributed by atoms with E-state index in [2.05, 4.69) is 4.74 Å². The summed E-state index contributed by atoms with van der Waals surface area (Å²) in [5.41, 5.74) is 0.881. The number of likely N-dealkylation sites (tertiary alicyclic amines) is 1. The highest BCUT2D eigenvalue weighted by atomic mass is 35.5. The van der Waals surface area contributed by atoms with Gasteiger partial charge in [-0.3, -0.25) is 9.59 Å². The Bertz CT molecular complexity index is 549. The van der Waals surface area contributed by atoms with E-state index in [1.54, 1.807) is 0 Å². The number of methoxy groups -OCH3 is 1. The summed E-state index contributed by atoms with van der Waals surface area (Å²) in [6.45, 7) is 0.568. The van der Waals surface area contributed by atoms with E-state index in [0.717, 1.165) is 5.56 Å². The van der Waals surface area contributed by atoms with Crippen molar-refractivity contribution in [1.82, 2.24) is 4.90 Å². The van der Waals surface area contributed by atoms with Crippen molar-refractivity contribution in [2.45, 2.75) is 19.4 Å². The topological polar surface area (TPSA) is 72.9 Å². The average Bonchev–Trinajstić information content (AvgIpc) is 2.74. The van der Waals surface area contributed by atoms with E-state index in [0.29, 0.717) is 13.0 Å². The number of esters is 1. The number of amides is 1. The van der Waals surface area contributed by atoms with Crippen LogP contribution in [0, 0.1) is 5.92 Å². The monoisotopic (exact) mass is 341 g/mol. The van der Waals surface area contributed by atoms with Gasteiger partial charge in [0.2, 0.25) is 0 Å². The summed E-state index contributed by atoms with van der Waals surface area (Å²) < 4.78 is 9.88. The minimum Gasteiger partial charge on any atom is -0.468 e. The molecule has 1 aliphatic heterocycles. The van der Waals surface area contributed by atoms with Gasteiger partial charge < -0.3 is 14.4 Å². The lowest BCUT2D eigenvalue weighted by atomic mass is 10.0. The summed E-state index contributed by atoms with van der Waals surface area (Å²) in [7, 11) is 1.23. The molecule has 0 aromatic heterocycles. The Morgan fingerprint density at radius 3 is 2.61 bits per heavy atom. The third kappa shape index (κ3) is 5.25. The smallest absolute Gasteiger partial charge is 0.410 e. The van der Waals surface area contributed by atoms with Crippen LogP contribution in [0.25, 0.3) is 0 Å². The van der Waals surface area contributed by atoms with Crippen LogP contribution in [0.15, 0.2) is 30.3 Å². The van der Waals surface area contributed by atoms with Gasteiger partial charge in [-0.2, -0.15) is 0 Å². The van der Waals surface area contributed by atoms with E-state index in [1.165, 1.54) is 12.0 Å². The summed E-state index contributed by atoms with van der Waals surface area (Å²) in [6.07, 6.45) is 0.266. The molecule has 7 heteroatoms. The molecule has 1 atom stereocenters. The first kappa shape index (κ1) is 19.0. The fourth-order valence-corrected chi connectivity index (χ4v) is 2.36. The van der Waals surface area contributed by atoms with Crippen molar-refractivity contribution >= 4 is 30.3 Å². The Morgan fingerprint density at radius 1 is 1.26 bits per heavy atom. The molecule has 1 unspecified atom stereocenters. The lowest BCUT2D eigenvalue weighted by Crippen LogP contribution is -2.39. The number of nitrogens with zero attached hydrogens (tertiary/aromatic N) is 1. The number of benzene rings is 1. The molecule has 1 aromatic carbocycles. The molecule has 1 aliphatic rings. The van der Waals surface area contributed by atoms with Gasteiger partial charge in [0.05, 0.1) is 7.11 Å². The van der Waals surface area contributed by atoms with Crippen LogP contribution in [0.2, 0.25) is 0 Å². The Hall–Kier alpha value is -2.08. The molecule has 126 valence electrons. The van der Waals surface area contributed by atoms with E-state index >= 15 is 0 Å². The first-order valence-electron chi connectivity index (χ1n) is 7.18. The van der Waals surface area contributed by atoms with E-state index < -0.39 is 18.0 Å². The maximum Gasteiger partial charge on any atom is 0.410 e. The number of carbonyl (C=O) groups is 3. The number of rotatable bonds is 3. The molecule has 2 rings (SSSR count). The minimum atomic E-state index is -0.920. The van der Waals surface area contributed by atoms with E-state index in [9.17, 15) is 14.4 Å². The lowest BCUT2D eigenvalue weighted by molar-refractivity contribution is -0.149. The molecule has 1 amide bonds. The van der Waals surface area contributed by atoms with Crippen LogP contribution in [0.4, 0.5) is 4.79 Å². The second-order valence-electron chi connectivity index (χ2n) is 5.13. The number of hydrogen-bond acceptors (Lipinski definition) is 5. The molecule has 1 saturated heterocycles. The third-order valence-electron chi connectivity index (χ3n) is 3.59. The van der Waals surface area contributed by atoms with Crippen LogP contribution in [0.1, 0.15) is 18.4 Å². The van der Waals surface area contributed by atoms with Crippen LogP contribution in [0.5, 0.6) is 0 Å². The van der Waals surface area contributed by atoms with Gasteiger partial charge in [0.1, 0.15) is 18.3 Å². The first-order chi connectivity index (χ1) is 10.6. The fraction of sp³-hybridized carbons (Fsp3) is 0.438. The highest BCUT2D eigenvalue weighted by Gasteiger charge is 2.34. The number of halogens is 1. The standard InChI is InChI=1S/C16H19NO5.ClH/c1-21-15(19)13-10-17(9-5-8-14(13)18)16(20)22-11-12-6-3-2-4-7-12;/h2-4,6-7,13H,5,8-11H2,1H3;1H. The molecule has 0 N–H and O–H groups in total. The van der Waals surface area contributed by atoms with Crippen LogP contribution < -0.4 is 0 Å². The predicted octanol–water partition coefficient (Wildman–Crippen LogP) is 2.20. The lowest BCUT2D eigenvalue weighted by Gasteiger charge is -2.22. The van der Waals surface area contributed by atoms with Crippen molar-refractivity contribution in [3.05, 3.63) is 35.9 Å². The maximum atomic E-state index is 12.1. The zero-order valence-electron chi connectivity index (χ0n) is 12.9. The molecule has 1 aromatic rings. The summed E-state index contributed by atoms with van der Waals surface area (Å²) >= 11 is 0. The van der Waals surface area contributed by atoms with Gasteiger partial charge in [-0.15, -0.1) is 12.4 Å². The second-order valence-corrected chi connectivity index (χ2v) is 5.13. The normalized spacial score (nSPS) is 17.7. The van der Waals surface area contributed by atoms with Gasteiger partial charge in [0, 0.05) is 19.5 Å². The molecule has 0 saturated carbocycles. The highest BCUT2D eigenvalue weighted by Crippen LogP contribution is 2.16. The van der Waals surface area contributed by atoms with Gasteiger partial charge in [0.25, 0.3) is 0 Å². The largest absolute Gasteiger partial charge is 0.468 e. The average molecular weight is 342 g/mol. The van der Waals surface area contributed by atoms with Gasteiger partial charge >= 0.3 is 12.1 Å². The highest BCUT2D eigenvalue weighted by molar-refractivity contribution is 5.99. The first-order valence-corrected chi connectivity index (χ1v) is 7.18. The Morgan fingerprint density at radius 2 is 1.96 bits per heavy atom. The van der Waals surface area contributed by atoms with Crippen molar-refractivity contribution in [2.75, 3.05) is 20.2 Å². The maximum absolute atomic E-state index is 12.1. The Balaban J connectivity index is 0.00000264. The quantitative estimate of drug-likeness (QED) is 0.622. The van der Waals surface area contributed by atoms with Crippen molar-refractivity contribution in [1.29, 1.82) is 0 Å². The fourth-order valence-electron chi connectivity index (χ4n) is 2.36. The molecule has 0 bridgehead atoms. The SMILES string of the molecule is COC(=O)C1CN(C(=O)OCc2ccccc2)CCCC1=O.Cl. The number of ketones is 1. The summed E-state index contributed by atoms with van der Waals surface area (Å²) in [5.74, 6) is -1.71. The molecular formula is C16H20ClNO5. The molecule has 1 fully saturated rings. The number of ether oxygens (including phenoxy) is 2. The van der Waals surface area contributed by atoms with Crippen molar-refractivity contribution in [2.24, 2.45) is 5.92 Å². The van der Waals surface area contributed by atoms with Crippen LogP contribution in [-0.4, -0.2) is 42.9 Å². The van der Waals surface area contributed by atoms with Gasteiger partial charge in [-0.05, 0) is 12.0 Å². The van der Waals surface area contributed by atoms with Crippen LogP contribution in [0.3, 0.4) is 0 Å². The minimum absolute atomic E-state index is 0. The number of hydrogen-bond donors (Lipinski definition) is 0. The number of Topliss-reactive ketones (excluding diaryl/α,β-unsaturated/α-hetero) is 1. The van der Waals surface area contributed by atoms with Crippen LogP contribution >= 0.6 is 12.4 Å². The zero-order valence-corrected chi connectivity index (χ0v) is 13.7. The van der Waals surface area contributed by atoms with Crippen LogP contribution in [-0.2, 0) is 25.7 Å². The molecule has 23 heavy (non-hydrogen) atoms. The molecule has 1 heterocycles. The number of carbonyl (C=O) groups excluding carboxylic acids is 3. The summed E-state index contributed by atoms with van der Waals surface area (Å²) in [4.78, 5) is 37.1. The van der Waals surface area contributed by atoms with E-state index in [1.807, 2.05) is 30.3 Å². The van der Waals surface area contributed by atoms with Crippen molar-refractivity contribution < 1.29 is 23.9 Å². The molecular weight excluding hydrogens is 322 g/mol. The summed E-state index contributed by atoms with van der Waals surface area (Å²) in [6, 6.07) is 9.32. The third-order valence-corrected chi connectivity index (χ3v) is 3.59. The van der Waals surface area contributed by atoms with Gasteiger partial charge in [-0.1, -0.05) is 30.3 Å². The van der Waals surface area contributed by atoms with Crippen molar-refractivity contribution in [3.63, 3.8) is 0 Å². The van der Waals surface area contributed by atoms with E-state index in [4.69, 9.17) is 4.74 Å². The molecule has 0 radical (unpaired) electrons. The molecule has 6 nitrogen and oxygen atoms in total. The van der Waals surface area contributed by atoms with Gasteiger partial charge in [-0.25, -0.2) is 4.79 Å². The Labute approximate surface area is 141 Å². The summed E-state index contributed by atoms with van der Waals surface area (Å²) in [5, 5.41) is 0. The van der Waals surface area contributed by atoms with E-state index in [-0.39, 0.29) is 37.8 Å². The molecule has 0 spiro atoms. The van der Waals surface area contributed by atoms with Gasteiger partial charge in [0.15, 0.2) is 0 Å². The molecule has 0 aliphatic carbocycles. The Kier molecular flexibility index (Phi) is 7.54. The zero-order chi connectivity index (χ0) is 15.9. The van der Waals surface area contributed by atoms with Crippen molar-refractivity contribution in [3.8, 4) is 0 Å². The predicted molar refractivity (Wildman–Crippen MR) is 85.2 cm³/mol. The second kappa shape index (κ2) is 9.15.